The summed E-state index contributed by atoms with van der Waals surface area (Å²) in [7, 11) is -2.03. The van der Waals surface area contributed by atoms with Crippen molar-refractivity contribution in [1.82, 2.24) is 5.48 Å². The molecule has 7 heteroatoms. The molecule has 0 saturated heterocycles. The van der Waals surface area contributed by atoms with Crippen molar-refractivity contribution in [2.45, 2.75) is 39.1 Å². The standard InChI is InChI=1S/C19H27NO5Si/c1-13(2)25-19(23)18(22)16(11-21)17-10-15(12-24-20-17)26(3,4)14-8-6-5-7-9-14/h5-10,12-13,16,18,20-22H,11H2,1-4H3. The Morgan fingerprint density at radius 2 is 1.92 bits per heavy atom. The lowest BCUT2D eigenvalue weighted by atomic mass is 9.99. The predicted octanol–water partition coefficient (Wildman–Crippen LogP) is 1.36. The molecule has 1 aliphatic heterocycles. The molecule has 1 heterocycles. The van der Waals surface area contributed by atoms with Gasteiger partial charge in [-0.05, 0) is 25.1 Å². The predicted molar refractivity (Wildman–Crippen MR) is 102 cm³/mol. The number of esters is 1. The molecule has 3 N–H and O–H groups in total. The fourth-order valence-electron chi connectivity index (χ4n) is 2.76. The average Bonchev–Trinajstić information content (AvgIpc) is 2.62. The molecule has 26 heavy (non-hydrogen) atoms. The van der Waals surface area contributed by atoms with Gasteiger partial charge in [-0.2, -0.15) is 0 Å². The third-order valence-corrected chi connectivity index (χ3v) is 7.94. The lowest BCUT2D eigenvalue weighted by molar-refractivity contribution is -0.160. The number of benzene rings is 1. The molecule has 0 amide bonds. The zero-order chi connectivity index (χ0) is 19.3. The Morgan fingerprint density at radius 3 is 2.50 bits per heavy atom. The van der Waals surface area contributed by atoms with Crippen LogP contribution in [0.4, 0.5) is 0 Å². The monoisotopic (exact) mass is 377 g/mol. The molecule has 1 aromatic rings. The van der Waals surface area contributed by atoms with Crippen molar-refractivity contribution >= 4 is 19.2 Å². The Hall–Kier alpha value is -2.09. The summed E-state index contributed by atoms with van der Waals surface area (Å²) in [4.78, 5) is 17.4. The van der Waals surface area contributed by atoms with Crippen LogP contribution in [0.2, 0.25) is 13.1 Å². The van der Waals surface area contributed by atoms with Crippen LogP contribution in [0.5, 0.6) is 0 Å². The molecule has 0 saturated carbocycles. The van der Waals surface area contributed by atoms with E-state index in [9.17, 15) is 15.0 Å². The molecule has 2 atom stereocenters. The minimum absolute atomic E-state index is 0.346. The van der Waals surface area contributed by atoms with Crippen LogP contribution in [0.15, 0.2) is 53.6 Å². The lowest BCUT2D eigenvalue weighted by Gasteiger charge is -2.30. The van der Waals surface area contributed by atoms with Gasteiger partial charge >= 0.3 is 5.97 Å². The summed E-state index contributed by atoms with van der Waals surface area (Å²) in [6.07, 6.45) is 1.68. The van der Waals surface area contributed by atoms with Gasteiger partial charge in [-0.25, -0.2) is 10.3 Å². The summed E-state index contributed by atoms with van der Waals surface area (Å²) in [6, 6.07) is 10.1. The molecule has 0 aromatic heterocycles. The van der Waals surface area contributed by atoms with E-state index in [2.05, 4.69) is 30.7 Å². The Bertz CT molecular complexity index is 684. The quantitative estimate of drug-likeness (QED) is 0.491. The van der Waals surface area contributed by atoms with Gasteiger partial charge in [0.1, 0.15) is 14.3 Å². The normalized spacial score (nSPS) is 16.7. The van der Waals surface area contributed by atoms with Crippen molar-refractivity contribution in [2.75, 3.05) is 6.61 Å². The van der Waals surface area contributed by atoms with E-state index in [1.54, 1.807) is 20.1 Å². The maximum Gasteiger partial charge on any atom is 0.336 e. The zero-order valence-corrected chi connectivity index (χ0v) is 16.6. The molecule has 0 radical (unpaired) electrons. The van der Waals surface area contributed by atoms with E-state index in [-0.39, 0.29) is 6.10 Å². The maximum atomic E-state index is 12.0. The van der Waals surface area contributed by atoms with Crippen molar-refractivity contribution in [3.8, 4) is 0 Å². The molecule has 0 fully saturated rings. The Labute approximate surface area is 155 Å². The minimum atomic E-state index is -2.03. The molecular weight excluding hydrogens is 350 g/mol. The molecule has 2 rings (SSSR count). The number of hydrogen-bond acceptors (Lipinski definition) is 6. The van der Waals surface area contributed by atoms with Crippen LogP contribution >= 0.6 is 0 Å². The number of aliphatic hydroxyl groups excluding tert-OH is 2. The van der Waals surface area contributed by atoms with Gasteiger partial charge < -0.3 is 19.8 Å². The second-order valence-electron chi connectivity index (χ2n) is 7.10. The van der Waals surface area contributed by atoms with Gasteiger partial charge in [0.25, 0.3) is 0 Å². The van der Waals surface area contributed by atoms with Crippen molar-refractivity contribution in [2.24, 2.45) is 5.92 Å². The number of rotatable bonds is 7. The van der Waals surface area contributed by atoms with E-state index in [1.165, 1.54) is 5.19 Å². The van der Waals surface area contributed by atoms with E-state index < -0.39 is 32.7 Å². The van der Waals surface area contributed by atoms with Crippen LogP contribution in [0, 0.1) is 5.92 Å². The Morgan fingerprint density at radius 1 is 1.27 bits per heavy atom. The van der Waals surface area contributed by atoms with Crippen LogP contribution < -0.4 is 10.7 Å². The van der Waals surface area contributed by atoms with Crippen molar-refractivity contribution in [1.29, 1.82) is 0 Å². The van der Waals surface area contributed by atoms with E-state index >= 15 is 0 Å². The largest absolute Gasteiger partial charge is 0.461 e. The molecule has 142 valence electrons. The fourth-order valence-corrected chi connectivity index (χ4v) is 4.99. The van der Waals surface area contributed by atoms with Crippen LogP contribution in [0.25, 0.3) is 0 Å². The zero-order valence-electron chi connectivity index (χ0n) is 15.6. The lowest BCUT2D eigenvalue weighted by Crippen LogP contribution is -2.46. The summed E-state index contributed by atoms with van der Waals surface area (Å²) < 4.78 is 5.05. The van der Waals surface area contributed by atoms with E-state index in [0.29, 0.717) is 5.70 Å². The Balaban J connectivity index is 2.26. The highest BCUT2D eigenvalue weighted by Gasteiger charge is 2.35. The van der Waals surface area contributed by atoms with Crippen LogP contribution in [-0.4, -0.2) is 43.1 Å². The number of ether oxygens (including phenoxy) is 1. The van der Waals surface area contributed by atoms with E-state index in [1.807, 2.05) is 24.3 Å². The number of aliphatic hydroxyl groups is 2. The molecule has 1 aliphatic rings. The van der Waals surface area contributed by atoms with Crippen molar-refractivity contribution in [3.63, 3.8) is 0 Å². The SMILES string of the molecule is CC(C)OC(=O)C(O)C(CO)C1=CC([Si](C)(C)c2ccccc2)=CON1. The molecule has 0 aliphatic carbocycles. The summed E-state index contributed by atoms with van der Waals surface area (Å²) >= 11 is 0. The maximum absolute atomic E-state index is 12.0. The highest BCUT2D eigenvalue weighted by Crippen LogP contribution is 2.25. The topological polar surface area (TPSA) is 88.0 Å². The smallest absolute Gasteiger partial charge is 0.336 e. The van der Waals surface area contributed by atoms with Crippen LogP contribution in [0.3, 0.4) is 0 Å². The minimum Gasteiger partial charge on any atom is -0.461 e. The third kappa shape index (κ3) is 4.54. The van der Waals surface area contributed by atoms with Gasteiger partial charge in [-0.1, -0.05) is 48.6 Å². The fraction of sp³-hybridized carbons (Fsp3) is 0.421. The van der Waals surface area contributed by atoms with E-state index in [4.69, 9.17) is 9.57 Å². The summed E-state index contributed by atoms with van der Waals surface area (Å²) in [5.41, 5.74) is 3.15. The third-order valence-electron chi connectivity index (χ3n) is 4.46. The first-order valence-corrected chi connectivity index (χ1v) is 11.7. The van der Waals surface area contributed by atoms with Crippen molar-refractivity contribution in [3.05, 3.63) is 53.6 Å². The summed E-state index contributed by atoms with van der Waals surface area (Å²) in [6.45, 7) is 7.36. The number of hydroxylamine groups is 1. The number of allylic oxidation sites excluding steroid dienone is 2. The summed E-state index contributed by atoms with van der Waals surface area (Å²) in [5.74, 6) is -1.62. The first-order chi connectivity index (χ1) is 12.3. The summed E-state index contributed by atoms with van der Waals surface area (Å²) in [5, 5.41) is 22.2. The van der Waals surface area contributed by atoms with Crippen LogP contribution in [-0.2, 0) is 14.4 Å². The molecule has 6 nitrogen and oxygen atoms in total. The number of hydrogen-bond donors (Lipinski definition) is 3. The first kappa shape index (κ1) is 20.2. The van der Waals surface area contributed by atoms with Crippen molar-refractivity contribution < 1.29 is 24.6 Å². The highest BCUT2D eigenvalue weighted by atomic mass is 28.3. The highest BCUT2D eigenvalue weighted by molar-refractivity contribution is 6.96. The molecule has 2 unspecified atom stereocenters. The molecule has 0 spiro atoms. The number of nitrogens with one attached hydrogen (secondary N) is 1. The Kier molecular flexibility index (Phi) is 6.63. The average molecular weight is 378 g/mol. The number of carbonyl (C=O) groups is 1. The van der Waals surface area contributed by atoms with Gasteiger partial charge in [0.15, 0.2) is 6.10 Å². The number of carbonyl (C=O) groups excluding carboxylic acids is 1. The van der Waals surface area contributed by atoms with Gasteiger partial charge in [0.05, 0.1) is 24.3 Å². The van der Waals surface area contributed by atoms with Crippen LogP contribution in [0.1, 0.15) is 13.8 Å². The second kappa shape index (κ2) is 8.53. The van der Waals surface area contributed by atoms with Gasteiger partial charge in [-0.3, -0.25) is 0 Å². The van der Waals surface area contributed by atoms with Gasteiger partial charge in [0, 0.05) is 0 Å². The molecule has 1 aromatic carbocycles. The van der Waals surface area contributed by atoms with E-state index in [0.717, 1.165) is 5.20 Å². The second-order valence-corrected chi connectivity index (χ2v) is 11.5. The first-order valence-electron chi connectivity index (χ1n) is 8.66. The van der Waals surface area contributed by atoms with Gasteiger partial charge in [-0.15, -0.1) is 0 Å². The molecular formula is C19H27NO5Si. The van der Waals surface area contributed by atoms with Gasteiger partial charge in [0.2, 0.25) is 0 Å². The molecule has 0 bridgehead atoms.